The minimum atomic E-state index is -1.14. The molecule has 1 amide bonds. The monoisotopic (exact) mass is 223 g/mol. The van der Waals surface area contributed by atoms with Crippen molar-refractivity contribution >= 4 is 5.91 Å². The number of rotatable bonds is 5. The molecule has 5 heteroatoms. The van der Waals surface area contributed by atoms with Crippen molar-refractivity contribution in [3.8, 4) is 0 Å². The van der Waals surface area contributed by atoms with Crippen LogP contribution in [0.25, 0.3) is 0 Å². The van der Waals surface area contributed by atoms with Crippen molar-refractivity contribution in [2.45, 2.75) is 25.6 Å². The molecule has 88 valence electrons. The minimum absolute atomic E-state index is 0.397. The number of amides is 1. The SMILES string of the molecule is C[C@H](NN)C(O)C(=O)NCc1ccccc1. The zero-order valence-electron chi connectivity index (χ0n) is 9.18. The molecule has 0 aromatic heterocycles. The molecule has 1 aromatic rings. The third kappa shape index (κ3) is 3.62. The molecule has 0 fully saturated rings. The van der Waals surface area contributed by atoms with Crippen molar-refractivity contribution in [1.82, 2.24) is 10.7 Å². The van der Waals surface area contributed by atoms with Crippen LogP contribution in [0.2, 0.25) is 0 Å². The average Bonchev–Trinajstić information content (AvgIpc) is 2.35. The normalized spacial score (nSPS) is 14.2. The number of carbonyl (C=O) groups excluding carboxylic acids is 1. The summed E-state index contributed by atoms with van der Waals surface area (Å²) in [7, 11) is 0. The topological polar surface area (TPSA) is 87.4 Å². The lowest BCUT2D eigenvalue weighted by Gasteiger charge is -2.17. The van der Waals surface area contributed by atoms with Crippen molar-refractivity contribution in [2.75, 3.05) is 0 Å². The molecule has 0 heterocycles. The van der Waals surface area contributed by atoms with Crippen LogP contribution in [0.5, 0.6) is 0 Å². The Morgan fingerprint density at radius 2 is 2.06 bits per heavy atom. The molecule has 16 heavy (non-hydrogen) atoms. The molecule has 1 rings (SSSR count). The maximum atomic E-state index is 11.5. The zero-order chi connectivity index (χ0) is 12.0. The van der Waals surface area contributed by atoms with Gasteiger partial charge in [0, 0.05) is 6.54 Å². The van der Waals surface area contributed by atoms with Crippen LogP contribution in [0.1, 0.15) is 12.5 Å². The second-order valence-electron chi connectivity index (χ2n) is 3.60. The summed E-state index contributed by atoms with van der Waals surface area (Å²) in [4.78, 5) is 11.5. The number of nitrogens with one attached hydrogen (secondary N) is 2. The Hall–Kier alpha value is -1.43. The van der Waals surface area contributed by atoms with E-state index in [0.717, 1.165) is 5.56 Å². The number of hydrazine groups is 1. The van der Waals surface area contributed by atoms with Crippen LogP contribution in [0, 0.1) is 0 Å². The molecule has 5 nitrogen and oxygen atoms in total. The van der Waals surface area contributed by atoms with Gasteiger partial charge in [0.2, 0.25) is 0 Å². The summed E-state index contributed by atoms with van der Waals surface area (Å²) in [5, 5.41) is 12.1. The number of nitrogens with two attached hydrogens (primary N) is 1. The van der Waals surface area contributed by atoms with Crippen molar-refractivity contribution in [3.63, 3.8) is 0 Å². The van der Waals surface area contributed by atoms with Gasteiger partial charge < -0.3 is 10.4 Å². The van der Waals surface area contributed by atoms with E-state index >= 15 is 0 Å². The van der Waals surface area contributed by atoms with Gasteiger partial charge in [-0.1, -0.05) is 30.3 Å². The van der Waals surface area contributed by atoms with Gasteiger partial charge in [-0.3, -0.25) is 16.1 Å². The maximum absolute atomic E-state index is 11.5. The molecule has 5 N–H and O–H groups in total. The quantitative estimate of drug-likeness (QED) is 0.401. The minimum Gasteiger partial charge on any atom is -0.382 e. The van der Waals surface area contributed by atoms with Gasteiger partial charge in [0.25, 0.3) is 5.91 Å². The van der Waals surface area contributed by atoms with Crippen molar-refractivity contribution in [2.24, 2.45) is 5.84 Å². The number of carbonyl (C=O) groups is 1. The number of hydrogen-bond donors (Lipinski definition) is 4. The predicted octanol–water partition coefficient (Wildman–Crippen LogP) is -0.484. The lowest BCUT2D eigenvalue weighted by atomic mass is 10.1. The molecule has 0 saturated carbocycles. The Labute approximate surface area is 94.6 Å². The van der Waals surface area contributed by atoms with E-state index in [-0.39, 0.29) is 0 Å². The molecule has 0 radical (unpaired) electrons. The Kier molecular flexibility index (Phi) is 4.91. The zero-order valence-corrected chi connectivity index (χ0v) is 9.18. The van der Waals surface area contributed by atoms with Crippen LogP contribution < -0.4 is 16.6 Å². The fourth-order valence-electron chi connectivity index (χ4n) is 1.21. The average molecular weight is 223 g/mol. The first kappa shape index (κ1) is 12.6. The lowest BCUT2D eigenvalue weighted by Crippen LogP contribution is -2.49. The smallest absolute Gasteiger partial charge is 0.250 e. The van der Waals surface area contributed by atoms with Crippen molar-refractivity contribution in [3.05, 3.63) is 35.9 Å². The van der Waals surface area contributed by atoms with E-state index in [1.54, 1.807) is 6.92 Å². The van der Waals surface area contributed by atoms with Crippen molar-refractivity contribution in [1.29, 1.82) is 0 Å². The van der Waals surface area contributed by atoms with E-state index < -0.39 is 18.1 Å². The Morgan fingerprint density at radius 1 is 1.44 bits per heavy atom. The number of hydrogen-bond acceptors (Lipinski definition) is 4. The van der Waals surface area contributed by atoms with Crippen LogP contribution in [-0.2, 0) is 11.3 Å². The fraction of sp³-hybridized carbons (Fsp3) is 0.364. The molecular weight excluding hydrogens is 206 g/mol. The van der Waals surface area contributed by atoms with E-state index in [1.165, 1.54) is 0 Å². The Balaban J connectivity index is 2.41. The second-order valence-corrected chi connectivity index (χ2v) is 3.60. The summed E-state index contributed by atoms with van der Waals surface area (Å²) < 4.78 is 0. The lowest BCUT2D eigenvalue weighted by molar-refractivity contribution is -0.130. The van der Waals surface area contributed by atoms with Gasteiger partial charge in [-0.2, -0.15) is 0 Å². The molecule has 2 atom stereocenters. The van der Waals surface area contributed by atoms with Crippen LogP contribution >= 0.6 is 0 Å². The summed E-state index contributed by atoms with van der Waals surface area (Å²) in [6.07, 6.45) is -1.14. The number of aliphatic hydroxyl groups excluding tert-OH is 1. The van der Waals surface area contributed by atoms with Crippen LogP contribution in [0.3, 0.4) is 0 Å². The molecule has 0 saturated heterocycles. The fourth-order valence-corrected chi connectivity index (χ4v) is 1.21. The third-order valence-corrected chi connectivity index (χ3v) is 2.31. The molecule has 0 aliphatic rings. The van der Waals surface area contributed by atoms with E-state index in [9.17, 15) is 9.90 Å². The first-order valence-corrected chi connectivity index (χ1v) is 5.11. The standard InChI is InChI=1S/C11H17N3O2/c1-8(14-12)10(15)11(16)13-7-9-5-3-2-4-6-9/h2-6,8,10,14-15H,7,12H2,1H3,(H,13,16)/t8-,10?/m0/s1. The third-order valence-electron chi connectivity index (χ3n) is 2.31. The summed E-state index contributed by atoms with van der Waals surface area (Å²) >= 11 is 0. The van der Waals surface area contributed by atoms with E-state index in [4.69, 9.17) is 5.84 Å². The highest BCUT2D eigenvalue weighted by atomic mass is 16.3. The summed E-state index contributed by atoms with van der Waals surface area (Å²) in [6.45, 7) is 2.03. The van der Waals surface area contributed by atoms with Gasteiger partial charge >= 0.3 is 0 Å². The molecule has 0 bridgehead atoms. The second kappa shape index (κ2) is 6.22. The molecule has 1 unspecified atom stereocenters. The Morgan fingerprint density at radius 3 is 2.62 bits per heavy atom. The summed E-state index contributed by atoms with van der Waals surface area (Å²) in [5.41, 5.74) is 3.32. The van der Waals surface area contributed by atoms with Gasteiger partial charge in [-0.25, -0.2) is 0 Å². The van der Waals surface area contributed by atoms with Gasteiger partial charge in [0.15, 0.2) is 0 Å². The van der Waals surface area contributed by atoms with E-state index in [2.05, 4.69) is 10.7 Å². The molecule has 1 aromatic carbocycles. The first-order chi connectivity index (χ1) is 7.65. The summed E-state index contributed by atoms with van der Waals surface area (Å²) in [5.74, 6) is 4.69. The van der Waals surface area contributed by atoms with Crippen LogP contribution in [0.15, 0.2) is 30.3 Å². The number of benzene rings is 1. The van der Waals surface area contributed by atoms with Crippen molar-refractivity contribution < 1.29 is 9.90 Å². The highest BCUT2D eigenvalue weighted by Gasteiger charge is 2.20. The molecule has 0 aliphatic carbocycles. The molecule has 0 aliphatic heterocycles. The maximum Gasteiger partial charge on any atom is 0.250 e. The van der Waals surface area contributed by atoms with E-state index in [0.29, 0.717) is 6.54 Å². The highest BCUT2D eigenvalue weighted by molar-refractivity contribution is 5.81. The largest absolute Gasteiger partial charge is 0.382 e. The highest BCUT2D eigenvalue weighted by Crippen LogP contribution is 1.98. The van der Waals surface area contributed by atoms with Gasteiger partial charge in [0.1, 0.15) is 6.10 Å². The summed E-state index contributed by atoms with van der Waals surface area (Å²) in [6, 6.07) is 9.01. The molecule has 0 spiro atoms. The Bertz CT molecular complexity index is 329. The van der Waals surface area contributed by atoms with E-state index in [1.807, 2.05) is 30.3 Å². The van der Waals surface area contributed by atoms with Gasteiger partial charge in [0.05, 0.1) is 6.04 Å². The van der Waals surface area contributed by atoms with Gasteiger partial charge in [-0.15, -0.1) is 0 Å². The number of aliphatic hydroxyl groups is 1. The van der Waals surface area contributed by atoms with Crippen LogP contribution in [0.4, 0.5) is 0 Å². The van der Waals surface area contributed by atoms with Gasteiger partial charge in [-0.05, 0) is 12.5 Å². The molecular formula is C11H17N3O2. The predicted molar refractivity (Wildman–Crippen MR) is 61.1 cm³/mol. The van der Waals surface area contributed by atoms with Crippen LogP contribution in [-0.4, -0.2) is 23.2 Å². The first-order valence-electron chi connectivity index (χ1n) is 5.11.